The molecule has 6 aromatic rings. The topological polar surface area (TPSA) is 133 Å². The van der Waals surface area contributed by atoms with E-state index in [4.69, 9.17) is 14.6 Å². The number of amides is 1. The maximum absolute atomic E-state index is 13.0. The number of aromatic nitrogens is 3. The number of rotatable bonds is 10. The van der Waals surface area contributed by atoms with Crippen LogP contribution in [0.2, 0.25) is 0 Å². The first-order valence-corrected chi connectivity index (χ1v) is 15.9. The monoisotopic (exact) mass is 662 g/mol. The number of thiazole rings is 1. The predicted octanol–water partition coefficient (Wildman–Crippen LogP) is 8.47. The summed E-state index contributed by atoms with van der Waals surface area (Å²) in [6, 6.07) is 30.9. The Hall–Kier alpha value is -6.01. The molecule has 0 bridgehead atoms. The van der Waals surface area contributed by atoms with E-state index in [-0.39, 0.29) is 11.6 Å². The number of non-ortho nitro benzene ring substituents is 1. The standard InChI is InChI=1S/C25H23N3O3.C11H11N3O2S/c1-17-8-12-19(13-9-17)28-24(26-25(29)21-6-4-5-7-23(21)31-3)16-22(27-28)18-10-14-20(30-2)15-11-18;1-2-8-7-17-11(12-8)13-9-3-5-10(6-4-9)14(15)16/h4-16H,1-3H3,(H,26,29);3-7H,2H2,1H3,(H,12,13). The minimum atomic E-state index is -0.414. The van der Waals surface area contributed by atoms with Gasteiger partial charge in [0.05, 0.1) is 41.8 Å². The molecule has 48 heavy (non-hydrogen) atoms. The number of carbonyl (C=O) groups is 1. The van der Waals surface area contributed by atoms with E-state index in [0.717, 1.165) is 51.2 Å². The fourth-order valence-corrected chi connectivity index (χ4v) is 5.40. The van der Waals surface area contributed by atoms with E-state index in [9.17, 15) is 14.9 Å². The Morgan fingerprint density at radius 3 is 2.27 bits per heavy atom. The van der Waals surface area contributed by atoms with E-state index in [1.807, 2.05) is 79.9 Å². The highest BCUT2D eigenvalue weighted by Gasteiger charge is 2.17. The maximum Gasteiger partial charge on any atom is 0.269 e. The maximum atomic E-state index is 13.0. The van der Waals surface area contributed by atoms with Crippen LogP contribution in [0.3, 0.4) is 0 Å². The van der Waals surface area contributed by atoms with E-state index >= 15 is 0 Å². The van der Waals surface area contributed by atoms with Crippen molar-refractivity contribution in [2.24, 2.45) is 0 Å². The summed E-state index contributed by atoms with van der Waals surface area (Å²) in [6.07, 6.45) is 0.901. The Kier molecular flexibility index (Phi) is 10.8. The molecule has 2 aromatic heterocycles. The molecule has 6 rings (SSSR count). The second kappa shape index (κ2) is 15.5. The van der Waals surface area contributed by atoms with Crippen LogP contribution >= 0.6 is 11.3 Å². The van der Waals surface area contributed by atoms with Gasteiger partial charge in [-0.1, -0.05) is 36.8 Å². The lowest BCUT2D eigenvalue weighted by atomic mass is 10.1. The van der Waals surface area contributed by atoms with Crippen molar-refractivity contribution in [2.75, 3.05) is 24.9 Å². The van der Waals surface area contributed by atoms with Crippen LogP contribution < -0.4 is 20.1 Å². The summed E-state index contributed by atoms with van der Waals surface area (Å²) >= 11 is 1.52. The van der Waals surface area contributed by atoms with Crippen molar-refractivity contribution < 1.29 is 19.2 Å². The van der Waals surface area contributed by atoms with E-state index in [1.54, 1.807) is 49.2 Å². The molecule has 4 aromatic carbocycles. The van der Waals surface area contributed by atoms with Crippen LogP contribution in [0, 0.1) is 17.0 Å². The molecule has 244 valence electrons. The number of hydrogen-bond donors (Lipinski definition) is 2. The summed E-state index contributed by atoms with van der Waals surface area (Å²) in [5.41, 5.74) is 6.02. The Bertz CT molecular complexity index is 1990. The number of methoxy groups -OCH3 is 2. The second-order valence-electron chi connectivity index (χ2n) is 10.5. The first-order chi connectivity index (χ1) is 23.3. The highest BCUT2D eigenvalue weighted by Crippen LogP contribution is 2.28. The van der Waals surface area contributed by atoms with Gasteiger partial charge in [0.15, 0.2) is 5.13 Å². The van der Waals surface area contributed by atoms with Gasteiger partial charge < -0.3 is 20.1 Å². The Morgan fingerprint density at radius 2 is 1.65 bits per heavy atom. The summed E-state index contributed by atoms with van der Waals surface area (Å²) < 4.78 is 12.3. The van der Waals surface area contributed by atoms with Crippen molar-refractivity contribution in [2.45, 2.75) is 20.3 Å². The van der Waals surface area contributed by atoms with E-state index in [1.165, 1.54) is 23.5 Å². The molecule has 0 aliphatic heterocycles. The Labute approximate surface area is 282 Å². The predicted molar refractivity (Wildman–Crippen MR) is 189 cm³/mol. The van der Waals surface area contributed by atoms with Crippen molar-refractivity contribution >= 4 is 39.6 Å². The number of nitrogens with one attached hydrogen (secondary N) is 2. The highest BCUT2D eigenvalue weighted by atomic mass is 32.1. The minimum Gasteiger partial charge on any atom is -0.497 e. The number of aryl methyl sites for hydroxylation is 2. The van der Waals surface area contributed by atoms with Gasteiger partial charge >= 0.3 is 0 Å². The number of anilines is 3. The molecule has 2 N–H and O–H groups in total. The number of benzene rings is 4. The van der Waals surface area contributed by atoms with Gasteiger partial charge in [0.1, 0.15) is 17.3 Å². The van der Waals surface area contributed by atoms with Crippen LogP contribution in [-0.4, -0.2) is 39.8 Å². The molecular formula is C36H34N6O5S. The smallest absolute Gasteiger partial charge is 0.269 e. The van der Waals surface area contributed by atoms with Gasteiger partial charge in [-0.25, -0.2) is 9.67 Å². The fourth-order valence-electron chi connectivity index (χ4n) is 4.59. The molecule has 0 saturated heterocycles. The van der Waals surface area contributed by atoms with Crippen molar-refractivity contribution in [1.82, 2.24) is 14.8 Å². The van der Waals surface area contributed by atoms with Gasteiger partial charge in [0, 0.05) is 34.8 Å². The normalized spacial score (nSPS) is 10.4. The van der Waals surface area contributed by atoms with Gasteiger partial charge in [-0.05, 0) is 74.0 Å². The summed E-state index contributed by atoms with van der Waals surface area (Å²) in [6.45, 7) is 4.07. The molecule has 0 saturated carbocycles. The van der Waals surface area contributed by atoms with Gasteiger partial charge in [0.25, 0.3) is 11.6 Å². The summed E-state index contributed by atoms with van der Waals surface area (Å²) in [5, 5.41) is 24.1. The average Bonchev–Trinajstić information content (AvgIpc) is 3.76. The SMILES string of the molecule is CCc1csc(Nc2ccc([N+](=O)[O-])cc2)n1.COc1ccc(-c2cc(NC(=O)c3ccccc3OC)n(-c3ccc(C)cc3)n2)cc1. The van der Waals surface area contributed by atoms with Gasteiger partial charge in [-0.3, -0.25) is 14.9 Å². The zero-order valence-corrected chi connectivity index (χ0v) is 27.7. The molecule has 0 spiro atoms. The van der Waals surface area contributed by atoms with Crippen LogP contribution in [0.15, 0.2) is 109 Å². The molecule has 11 nitrogen and oxygen atoms in total. The van der Waals surface area contributed by atoms with E-state index in [0.29, 0.717) is 17.1 Å². The third-order valence-electron chi connectivity index (χ3n) is 7.21. The van der Waals surface area contributed by atoms with E-state index < -0.39 is 4.92 Å². The molecule has 0 aliphatic rings. The summed E-state index contributed by atoms with van der Waals surface area (Å²) in [4.78, 5) is 27.4. The molecule has 1 amide bonds. The molecule has 0 unspecified atom stereocenters. The van der Waals surface area contributed by atoms with E-state index in [2.05, 4.69) is 15.6 Å². The summed E-state index contributed by atoms with van der Waals surface area (Å²) in [5.74, 6) is 1.57. The van der Waals surface area contributed by atoms with Gasteiger partial charge in [0.2, 0.25) is 0 Å². The fraction of sp³-hybridized carbons (Fsp3) is 0.139. The number of para-hydroxylation sites is 1. The number of ether oxygens (including phenoxy) is 2. The molecular weight excluding hydrogens is 629 g/mol. The molecule has 0 aliphatic carbocycles. The third-order valence-corrected chi connectivity index (χ3v) is 8.02. The molecule has 12 heteroatoms. The second-order valence-corrected chi connectivity index (χ2v) is 11.3. The zero-order valence-electron chi connectivity index (χ0n) is 26.8. The van der Waals surface area contributed by atoms with Gasteiger partial charge in [-0.2, -0.15) is 5.10 Å². The lowest BCUT2D eigenvalue weighted by Crippen LogP contribution is -2.16. The molecule has 2 heterocycles. The van der Waals surface area contributed by atoms with Crippen molar-refractivity contribution in [3.05, 3.63) is 135 Å². The van der Waals surface area contributed by atoms with Crippen LogP contribution in [0.4, 0.5) is 22.3 Å². The number of nitro benzene ring substituents is 1. The first-order valence-electron chi connectivity index (χ1n) is 15.0. The van der Waals surface area contributed by atoms with Crippen molar-refractivity contribution in [3.63, 3.8) is 0 Å². The number of carbonyl (C=O) groups excluding carboxylic acids is 1. The lowest BCUT2D eigenvalue weighted by Gasteiger charge is -2.11. The zero-order chi connectivity index (χ0) is 34.0. The molecule has 0 fully saturated rings. The third kappa shape index (κ3) is 8.22. The first kappa shape index (κ1) is 33.4. The van der Waals surface area contributed by atoms with Crippen LogP contribution in [-0.2, 0) is 6.42 Å². The Balaban J connectivity index is 0.000000224. The molecule has 0 atom stereocenters. The average molecular weight is 663 g/mol. The Morgan fingerprint density at radius 1 is 0.938 bits per heavy atom. The van der Waals surface area contributed by atoms with Crippen LogP contribution in [0.1, 0.15) is 28.5 Å². The summed E-state index contributed by atoms with van der Waals surface area (Å²) in [7, 11) is 3.18. The van der Waals surface area contributed by atoms with Crippen molar-refractivity contribution in [1.29, 1.82) is 0 Å². The lowest BCUT2D eigenvalue weighted by molar-refractivity contribution is -0.384. The van der Waals surface area contributed by atoms with Crippen molar-refractivity contribution in [3.8, 4) is 28.4 Å². The number of nitrogens with zero attached hydrogens (tertiary/aromatic N) is 4. The molecule has 0 radical (unpaired) electrons. The quantitative estimate of drug-likeness (QED) is 0.110. The van der Waals surface area contributed by atoms with Crippen LogP contribution in [0.5, 0.6) is 11.5 Å². The number of nitro groups is 1. The highest BCUT2D eigenvalue weighted by molar-refractivity contribution is 7.13. The van der Waals surface area contributed by atoms with Crippen LogP contribution in [0.25, 0.3) is 16.9 Å². The number of hydrogen-bond acceptors (Lipinski definition) is 9. The largest absolute Gasteiger partial charge is 0.497 e. The van der Waals surface area contributed by atoms with Gasteiger partial charge in [-0.15, -0.1) is 11.3 Å². The minimum absolute atomic E-state index is 0.0870.